The van der Waals surface area contributed by atoms with Gasteiger partial charge < -0.3 is 0 Å². The molecule has 0 heterocycles. The van der Waals surface area contributed by atoms with Crippen molar-refractivity contribution in [3.8, 4) is 0 Å². The Hall–Kier alpha value is -1.61. The Morgan fingerprint density at radius 1 is 0.783 bits per heavy atom. The van der Waals surface area contributed by atoms with Crippen LogP contribution in [-0.4, -0.2) is 16.8 Å². The largest absolute Gasteiger partial charge is 0.393 e. The second-order valence-electron chi connectivity index (χ2n) is 4.26. The molecule has 0 aliphatic carbocycles. The average Bonchev–Trinajstić information content (AvgIpc) is 2.47. The maximum atomic E-state index is 13.9. The normalized spacial score (nSPS) is 12.8. The fourth-order valence-corrected chi connectivity index (χ4v) is 6.07. The first-order chi connectivity index (χ1) is 10.6. The van der Waals surface area contributed by atoms with E-state index >= 15 is 0 Å². The molecule has 0 radical (unpaired) electrons. The van der Waals surface area contributed by atoms with E-state index in [1.807, 2.05) is 0 Å². The number of nitrogens with one attached hydrogen (secondary N) is 1. The van der Waals surface area contributed by atoms with Gasteiger partial charge in [0.05, 0.1) is 9.79 Å². The van der Waals surface area contributed by atoms with Crippen LogP contribution in [-0.2, 0) is 20.0 Å². The fourth-order valence-electron chi connectivity index (χ4n) is 1.59. The molecule has 124 valence electrons. The number of benzene rings is 2. The molecule has 23 heavy (non-hydrogen) atoms. The van der Waals surface area contributed by atoms with Crippen molar-refractivity contribution in [2.24, 2.45) is 4.15 Å². The predicted octanol–water partition coefficient (Wildman–Crippen LogP) is 3.24. The van der Waals surface area contributed by atoms with E-state index in [0.29, 0.717) is 0 Å². The van der Waals surface area contributed by atoms with Crippen molar-refractivity contribution in [2.45, 2.75) is 9.79 Å². The van der Waals surface area contributed by atoms with Crippen LogP contribution in [0, 0.1) is 0 Å². The fraction of sp³-hybridized carbons (Fsp3) is 0. The van der Waals surface area contributed by atoms with Crippen molar-refractivity contribution in [2.75, 3.05) is 0 Å². The van der Waals surface area contributed by atoms with Crippen LogP contribution in [0.3, 0.4) is 0 Å². The number of hydrogen-bond donors (Lipinski definition) is 1. The van der Waals surface area contributed by atoms with Gasteiger partial charge in [-0.25, -0.2) is 8.42 Å². The van der Waals surface area contributed by atoms with Gasteiger partial charge in [-0.15, -0.1) is 8.64 Å². The predicted molar refractivity (Wildman–Crippen MR) is 82.0 cm³/mol. The Morgan fingerprint density at radius 3 is 1.70 bits per heavy atom. The van der Waals surface area contributed by atoms with Gasteiger partial charge in [0, 0.05) is 0 Å². The summed E-state index contributed by atoms with van der Waals surface area (Å²) in [4.78, 5) is -0.856. The van der Waals surface area contributed by atoms with E-state index in [1.165, 1.54) is 36.4 Å². The summed E-state index contributed by atoms with van der Waals surface area (Å²) >= 11 is 0. The van der Waals surface area contributed by atoms with Gasteiger partial charge in [-0.3, -0.25) is 0 Å². The minimum Gasteiger partial charge on any atom is -0.207 e. The van der Waals surface area contributed by atoms with Crippen LogP contribution in [0.5, 0.6) is 0 Å². The second kappa shape index (κ2) is 6.48. The summed E-state index contributed by atoms with van der Waals surface area (Å²) in [5.74, 6) is 0. The van der Waals surface area contributed by atoms with Crippen LogP contribution in [0.2, 0.25) is 0 Å². The maximum absolute atomic E-state index is 13.9. The zero-order chi connectivity index (χ0) is 17.1. The smallest absolute Gasteiger partial charge is 0.207 e. The SMILES string of the molecule is O=S(=O)(N=P(F)(F)NS(=O)(=O)c1ccccc1)c1ccccc1. The number of nitrogens with zero attached hydrogens (tertiary/aromatic N) is 1. The Morgan fingerprint density at radius 2 is 1.22 bits per heavy atom. The molecule has 6 nitrogen and oxygen atoms in total. The molecule has 0 atom stereocenters. The molecule has 0 aliphatic heterocycles. The van der Waals surface area contributed by atoms with Gasteiger partial charge in [-0.05, 0) is 24.3 Å². The van der Waals surface area contributed by atoms with Crippen molar-refractivity contribution in [3.63, 3.8) is 0 Å². The van der Waals surface area contributed by atoms with E-state index in [-0.39, 0.29) is 0 Å². The highest BCUT2D eigenvalue weighted by Crippen LogP contribution is 2.51. The van der Waals surface area contributed by atoms with Crippen LogP contribution in [0.25, 0.3) is 0 Å². The lowest BCUT2D eigenvalue weighted by atomic mass is 10.4. The highest BCUT2D eigenvalue weighted by atomic mass is 32.2. The summed E-state index contributed by atoms with van der Waals surface area (Å²) in [7, 11) is -15.1. The average molecular weight is 380 g/mol. The maximum Gasteiger partial charge on any atom is 0.393 e. The van der Waals surface area contributed by atoms with E-state index in [2.05, 4.69) is 4.15 Å². The molecule has 1 N–H and O–H groups in total. The van der Waals surface area contributed by atoms with E-state index < -0.39 is 37.7 Å². The molecule has 0 unspecified atom stereocenters. The Bertz CT molecular complexity index is 943. The molecule has 2 rings (SSSR count). The first kappa shape index (κ1) is 17.7. The van der Waals surface area contributed by atoms with Crippen molar-refractivity contribution in [1.29, 1.82) is 0 Å². The van der Waals surface area contributed by atoms with E-state index in [1.54, 1.807) is 0 Å². The first-order valence-electron chi connectivity index (χ1n) is 6.04. The molecule has 0 amide bonds. The quantitative estimate of drug-likeness (QED) is 0.806. The number of halogens is 2. The molecule has 11 heteroatoms. The van der Waals surface area contributed by atoms with Crippen LogP contribution >= 0.6 is 7.83 Å². The van der Waals surface area contributed by atoms with Gasteiger partial charge in [0.25, 0.3) is 10.0 Å². The zero-order valence-corrected chi connectivity index (χ0v) is 13.9. The standard InChI is InChI=1S/C12H11F2N2O4PS2/c13-21(14,15-22(17,18)11-7-3-1-4-8-11)16-23(19,20)12-9-5-2-6-10-12/h1-10,15H. The summed E-state index contributed by atoms with van der Waals surface area (Å²) in [5, 5.41) is 0. The lowest BCUT2D eigenvalue weighted by Gasteiger charge is -2.09. The number of rotatable bonds is 5. The second-order valence-corrected chi connectivity index (χ2v) is 9.51. The van der Waals surface area contributed by atoms with Gasteiger partial charge in [0.1, 0.15) is 0 Å². The number of hydrogen-bond acceptors (Lipinski definition) is 4. The summed E-state index contributed by atoms with van der Waals surface area (Å²) in [5.41, 5.74) is 0. The first-order valence-corrected chi connectivity index (χ1v) is 10.5. The minimum absolute atomic E-state index is 0.410. The van der Waals surface area contributed by atoms with Crippen molar-refractivity contribution in [3.05, 3.63) is 60.7 Å². The van der Waals surface area contributed by atoms with Crippen LogP contribution < -0.4 is 4.49 Å². The minimum atomic E-state index is -5.82. The summed E-state index contributed by atoms with van der Waals surface area (Å²) < 4.78 is 78.6. The molecular formula is C12H11F2N2O4PS2. The van der Waals surface area contributed by atoms with E-state index in [0.717, 1.165) is 28.8 Å². The Labute approximate surface area is 132 Å². The third-order valence-electron chi connectivity index (χ3n) is 2.53. The molecule has 0 spiro atoms. The lowest BCUT2D eigenvalue weighted by Crippen LogP contribution is -2.18. The van der Waals surface area contributed by atoms with Gasteiger partial charge in [0.15, 0.2) is 0 Å². The molecule has 2 aromatic carbocycles. The monoisotopic (exact) mass is 380 g/mol. The summed E-state index contributed by atoms with van der Waals surface area (Å²) in [6.07, 6.45) is 0. The van der Waals surface area contributed by atoms with Crippen molar-refractivity contribution >= 4 is 27.9 Å². The highest BCUT2D eigenvalue weighted by Gasteiger charge is 2.30. The van der Waals surface area contributed by atoms with Crippen molar-refractivity contribution in [1.82, 2.24) is 4.49 Å². The molecule has 0 aromatic heterocycles. The summed E-state index contributed by atoms with van der Waals surface area (Å²) in [6, 6.07) is 12.8. The molecule has 0 fully saturated rings. The Kier molecular flexibility index (Phi) is 5.00. The lowest BCUT2D eigenvalue weighted by molar-refractivity contribution is 0.588. The molecule has 0 saturated heterocycles. The highest BCUT2D eigenvalue weighted by molar-refractivity contribution is 7.98. The third kappa shape index (κ3) is 4.68. The van der Waals surface area contributed by atoms with E-state index in [9.17, 15) is 25.2 Å². The molecule has 2 aromatic rings. The molecular weight excluding hydrogens is 369 g/mol. The van der Waals surface area contributed by atoms with Crippen LogP contribution in [0.4, 0.5) is 8.39 Å². The summed E-state index contributed by atoms with van der Waals surface area (Å²) in [6.45, 7) is 0. The van der Waals surface area contributed by atoms with Crippen LogP contribution in [0.15, 0.2) is 74.6 Å². The van der Waals surface area contributed by atoms with Crippen LogP contribution in [0.1, 0.15) is 0 Å². The van der Waals surface area contributed by atoms with Gasteiger partial charge in [0.2, 0.25) is 10.0 Å². The molecule has 0 saturated carbocycles. The third-order valence-corrected chi connectivity index (χ3v) is 7.82. The van der Waals surface area contributed by atoms with Gasteiger partial charge in [-0.1, -0.05) is 36.4 Å². The Balaban J connectivity index is 2.39. The molecule has 0 aliphatic rings. The van der Waals surface area contributed by atoms with Gasteiger partial charge in [-0.2, -0.15) is 16.8 Å². The van der Waals surface area contributed by atoms with Gasteiger partial charge >= 0.3 is 7.83 Å². The van der Waals surface area contributed by atoms with E-state index in [4.69, 9.17) is 0 Å². The zero-order valence-electron chi connectivity index (χ0n) is 11.4. The molecule has 0 bridgehead atoms. The number of sulfonamides is 2. The topological polar surface area (TPSA) is 92.7 Å². The van der Waals surface area contributed by atoms with Crippen molar-refractivity contribution < 1.29 is 25.2 Å².